The normalized spacial score (nSPS) is 21.3. The van der Waals surface area contributed by atoms with E-state index in [9.17, 15) is 0 Å². The van der Waals surface area contributed by atoms with Crippen LogP contribution in [0.1, 0.15) is 19.8 Å². The van der Waals surface area contributed by atoms with Gasteiger partial charge in [-0.3, -0.25) is 0 Å². The molecule has 0 amide bonds. The molecule has 0 aliphatic heterocycles. The summed E-state index contributed by atoms with van der Waals surface area (Å²) in [6, 6.07) is 0. The van der Waals surface area contributed by atoms with Gasteiger partial charge >= 0.3 is 0 Å². The summed E-state index contributed by atoms with van der Waals surface area (Å²) in [7, 11) is 0. The second-order valence-corrected chi connectivity index (χ2v) is 3.27. The molecule has 0 nitrogen and oxygen atoms in total. The summed E-state index contributed by atoms with van der Waals surface area (Å²) in [5, 5.41) is 0.515. The predicted octanol–water partition coefficient (Wildman–Crippen LogP) is 1.66. The van der Waals surface area contributed by atoms with Gasteiger partial charge in [0.05, 0.1) is 0 Å². The first-order valence-electron chi connectivity index (χ1n) is 3.38. The van der Waals surface area contributed by atoms with Gasteiger partial charge < -0.3 is 0 Å². The van der Waals surface area contributed by atoms with E-state index < -0.39 is 0 Å². The van der Waals surface area contributed by atoms with Crippen LogP contribution in [0.2, 0.25) is 0 Å². The fourth-order valence-corrected chi connectivity index (χ4v) is 1.17. The third-order valence-electron chi connectivity index (χ3n) is 1.52. The number of hydrogen-bond donors (Lipinski definition) is 0. The molecule has 0 aromatic rings. The SMILES string of the molecule is CC([SH2+])C1=CCCC=C1. The van der Waals surface area contributed by atoms with Crippen molar-refractivity contribution in [3.8, 4) is 0 Å². The van der Waals surface area contributed by atoms with Gasteiger partial charge in [-0.15, -0.1) is 0 Å². The first-order chi connectivity index (χ1) is 4.30. The highest BCUT2D eigenvalue weighted by Gasteiger charge is 2.05. The van der Waals surface area contributed by atoms with Crippen LogP contribution in [-0.2, 0) is 12.6 Å². The highest BCUT2D eigenvalue weighted by molar-refractivity contribution is 7.59. The Morgan fingerprint density at radius 3 is 2.67 bits per heavy atom. The van der Waals surface area contributed by atoms with E-state index in [4.69, 9.17) is 0 Å². The quantitative estimate of drug-likeness (QED) is 0.487. The fraction of sp³-hybridized carbons (Fsp3) is 0.500. The molecule has 0 radical (unpaired) electrons. The highest BCUT2D eigenvalue weighted by atomic mass is 32.1. The van der Waals surface area contributed by atoms with Crippen LogP contribution >= 0.6 is 0 Å². The van der Waals surface area contributed by atoms with Crippen LogP contribution in [0, 0.1) is 0 Å². The fourth-order valence-electron chi connectivity index (χ4n) is 0.955. The summed E-state index contributed by atoms with van der Waals surface area (Å²) in [4.78, 5) is 0. The highest BCUT2D eigenvalue weighted by Crippen LogP contribution is 2.12. The summed E-state index contributed by atoms with van der Waals surface area (Å²) < 4.78 is 0. The first-order valence-corrected chi connectivity index (χ1v) is 3.96. The molecule has 50 valence electrons. The monoisotopic (exact) mass is 141 g/mol. The summed E-state index contributed by atoms with van der Waals surface area (Å²) in [6.45, 7) is 2.15. The minimum absolute atomic E-state index is 0.515. The zero-order chi connectivity index (χ0) is 6.69. The Labute approximate surface area is 62.1 Å². The van der Waals surface area contributed by atoms with E-state index in [1.165, 1.54) is 18.4 Å². The molecule has 0 saturated carbocycles. The maximum atomic E-state index is 3.56. The molecule has 1 aliphatic carbocycles. The van der Waals surface area contributed by atoms with E-state index in [1.54, 1.807) is 0 Å². The standard InChI is InChI=1S/C8H12S/c1-7(9)8-5-3-2-4-6-8/h3,5-7,9H,2,4H2,1H3/p+1. The van der Waals surface area contributed by atoms with Crippen molar-refractivity contribution < 1.29 is 0 Å². The third kappa shape index (κ3) is 1.90. The summed E-state index contributed by atoms with van der Waals surface area (Å²) in [5.74, 6) is 0. The second kappa shape index (κ2) is 3.11. The molecule has 0 N–H and O–H groups in total. The van der Waals surface area contributed by atoms with Gasteiger partial charge in [-0.05, 0) is 38.0 Å². The Morgan fingerprint density at radius 1 is 1.56 bits per heavy atom. The van der Waals surface area contributed by atoms with Gasteiger partial charge in [-0.2, -0.15) is 0 Å². The third-order valence-corrected chi connectivity index (χ3v) is 1.86. The Bertz CT molecular complexity index is 143. The Hall–Kier alpha value is -0.170. The van der Waals surface area contributed by atoms with Crippen LogP contribution in [0.4, 0.5) is 0 Å². The van der Waals surface area contributed by atoms with Gasteiger partial charge in [-0.1, -0.05) is 18.2 Å². The Kier molecular flexibility index (Phi) is 2.40. The number of allylic oxidation sites excluding steroid dienone is 3. The van der Waals surface area contributed by atoms with Crippen molar-refractivity contribution in [3.05, 3.63) is 23.8 Å². The van der Waals surface area contributed by atoms with Crippen LogP contribution in [0.5, 0.6) is 0 Å². The van der Waals surface area contributed by atoms with Crippen molar-refractivity contribution in [3.63, 3.8) is 0 Å². The molecule has 0 heterocycles. The molecule has 1 heteroatoms. The number of hydrogen-bond acceptors (Lipinski definition) is 0. The van der Waals surface area contributed by atoms with Gasteiger partial charge in [-0.25, -0.2) is 0 Å². The van der Waals surface area contributed by atoms with Gasteiger partial charge in [0.15, 0.2) is 0 Å². The summed E-state index contributed by atoms with van der Waals surface area (Å²) >= 11 is 3.56. The average molecular weight is 141 g/mol. The maximum Gasteiger partial charge on any atom is 0.135 e. The van der Waals surface area contributed by atoms with Crippen LogP contribution in [-0.4, -0.2) is 5.25 Å². The largest absolute Gasteiger partial charge is 0.135 e. The van der Waals surface area contributed by atoms with Gasteiger partial charge in [0.25, 0.3) is 0 Å². The Balaban J connectivity index is 2.58. The van der Waals surface area contributed by atoms with Crippen molar-refractivity contribution in [2.45, 2.75) is 25.0 Å². The molecular weight excluding hydrogens is 128 g/mol. The molecule has 1 atom stereocenters. The van der Waals surface area contributed by atoms with Gasteiger partial charge in [0.1, 0.15) is 5.25 Å². The van der Waals surface area contributed by atoms with E-state index in [1.807, 2.05) is 0 Å². The lowest BCUT2D eigenvalue weighted by Gasteiger charge is -2.04. The molecule has 1 rings (SSSR count). The Morgan fingerprint density at radius 2 is 2.33 bits per heavy atom. The topological polar surface area (TPSA) is 0 Å². The minimum atomic E-state index is 0.515. The molecule has 0 bridgehead atoms. The molecule has 0 aromatic heterocycles. The summed E-state index contributed by atoms with van der Waals surface area (Å²) in [6.07, 6.45) is 9.13. The number of rotatable bonds is 1. The average Bonchev–Trinajstić information content (AvgIpc) is 1.90. The van der Waals surface area contributed by atoms with Crippen LogP contribution in [0.15, 0.2) is 23.8 Å². The zero-order valence-electron chi connectivity index (χ0n) is 5.72. The molecule has 0 fully saturated rings. The van der Waals surface area contributed by atoms with E-state index in [0.29, 0.717) is 5.25 Å². The van der Waals surface area contributed by atoms with Crippen molar-refractivity contribution in [2.24, 2.45) is 0 Å². The minimum Gasteiger partial charge on any atom is -0.0838 e. The zero-order valence-corrected chi connectivity index (χ0v) is 6.72. The summed E-state index contributed by atoms with van der Waals surface area (Å²) in [5.41, 5.74) is 1.41. The molecule has 0 saturated heterocycles. The molecule has 1 unspecified atom stereocenters. The lowest BCUT2D eigenvalue weighted by molar-refractivity contribution is 0.991. The molecule has 0 aromatic carbocycles. The van der Waals surface area contributed by atoms with Crippen molar-refractivity contribution in [1.29, 1.82) is 0 Å². The lowest BCUT2D eigenvalue weighted by Crippen LogP contribution is -2.00. The van der Waals surface area contributed by atoms with Crippen molar-refractivity contribution in [1.82, 2.24) is 0 Å². The lowest BCUT2D eigenvalue weighted by atomic mass is 10.1. The van der Waals surface area contributed by atoms with E-state index in [0.717, 1.165) is 0 Å². The van der Waals surface area contributed by atoms with Crippen LogP contribution < -0.4 is 0 Å². The van der Waals surface area contributed by atoms with Gasteiger partial charge in [0, 0.05) is 0 Å². The maximum absolute atomic E-state index is 3.56. The molecular formula is C8H13S+. The van der Waals surface area contributed by atoms with Gasteiger partial charge in [0.2, 0.25) is 0 Å². The van der Waals surface area contributed by atoms with Crippen molar-refractivity contribution in [2.75, 3.05) is 0 Å². The molecule has 0 spiro atoms. The molecule has 9 heavy (non-hydrogen) atoms. The predicted molar refractivity (Wildman–Crippen MR) is 46.1 cm³/mol. The van der Waals surface area contributed by atoms with E-state index in [2.05, 4.69) is 37.8 Å². The van der Waals surface area contributed by atoms with E-state index >= 15 is 0 Å². The van der Waals surface area contributed by atoms with Crippen molar-refractivity contribution >= 4 is 12.6 Å². The van der Waals surface area contributed by atoms with Crippen LogP contribution in [0.3, 0.4) is 0 Å². The molecule has 1 aliphatic rings. The smallest absolute Gasteiger partial charge is 0.0838 e. The van der Waals surface area contributed by atoms with Crippen LogP contribution in [0.25, 0.3) is 0 Å². The van der Waals surface area contributed by atoms with E-state index in [-0.39, 0.29) is 0 Å². The first kappa shape index (κ1) is 6.94. The second-order valence-electron chi connectivity index (χ2n) is 2.41.